The van der Waals surface area contributed by atoms with Crippen molar-refractivity contribution in [2.75, 3.05) is 0 Å². The maximum atomic E-state index is 13.4. The summed E-state index contributed by atoms with van der Waals surface area (Å²) < 4.78 is 5.97. The quantitative estimate of drug-likeness (QED) is 0.508. The van der Waals surface area contributed by atoms with Gasteiger partial charge in [-0.15, -0.1) is 0 Å². The van der Waals surface area contributed by atoms with E-state index in [9.17, 15) is 9.59 Å². The summed E-state index contributed by atoms with van der Waals surface area (Å²) >= 11 is 5.97. The monoisotopic (exact) mass is 489 g/mol. The minimum Gasteiger partial charge on any atom is -0.489 e. The SMILES string of the molecule is CC1(C)CC(=O)C2=C(C1)NC1=C(C(=O)CC(C)(C)C1)C2c1ccc(OCc2ccc(Cl)cc2)cc1. The van der Waals surface area contributed by atoms with Crippen LogP contribution in [-0.2, 0) is 16.2 Å². The van der Waals surface area contributed by atoms with Gasteiger partial charge in [-0.25, -0.2) is 0 Å². The number of dihydropyridines is 1. The zero-order valence-corrected chi connectivity index (χ0v) is 21.6. The Balaban J connectivity index is 1.48. The largest absolute Gasteiger partial charge is 0.489 e. The molecular weight excluding hydrogens is 458 g/mol. The van der Waals surface area contributed by atoms with E-state index >= 15 is 0 Å². The highest BCUT2D eigenvalue weighted by molar-refractivity contribution is 6.30. The lowest BCUT2D eigenvalue weighted by Gasteiger charge is -2.44. The molecule has 0 atom stereocenters. The summed E-state index contributed by atoms with van der Waals surface area (Å²) in [6, 6.07) is 15.5. The molecule has 0 amide bonds. The van der Waals surface area contributed by atoms with E-state index in [1.165, 1.54) is 0 Å². The van der Waals surface area contributed by atoms with Crippen LogP contribution in [0.5, 0.6) is 5.75 Å². The number of hydrogen-bond acceptors (Lipinski definition) is 4. The van der Waals surface area contributed by atoms with E-state index in [0.717, 1.165) is 52.3 Å². The van der Waals surface area contributed by atoms with Crippen molar-refractivity contribution < 1.29 is 14.3 Å². The second-order valence-corrected chi connectivity index (χ2v) is 12.1. The summed E-state index contributed by atoms with van der Waals surface area (Å²) in [5, 5.41) is 4.26. The fourth-order valence-corrected chi connectivity index (χ4v) is 5.85. The molecule has 35 heavy (non-hydrogen) atoms. The van der Waals surface area contributed by atoms with Gasteiger partial charge in [-0.2, -0.15) is 0 Å². The van der Waals surface area contributed by atoms with Gasteiger partial charge in [0.2, 0.25) is 0 Å². The standard InChI is InChI=1S/C30H32ClNO3/c1-29(2)13-22-27(24(33)15-29)26(28-23(32-22)14-30(3,4)16-25(28)34)19-7-11-21(12-8-19)35-17-18-5-9-20(31)10-6-18/h5-12,26,32H,13-17H2,1-4H3. The first-order valence-corrected chi connectivity index (χ1v) is 12.7. The fraction of sp³-hybridized carbons (Fsp3) is 0.400. The molecule has 2 aromatic rings. The van der Waals surface area contributed by atoms with Gasteiger partial charge >= 0.3 is 0 Å². The number of halogens is 1. The van der Waals surface area contributed by atoms with Gasteiger partial charge in [-0.3, -0.25) is 9.59 Å². The smallest absolute Gasteiger partial charge is 0.162 e. The third-order valence-electron chi connectivity index (χ3n) is 7.25. The van der Waals surface area contributed by atoms with Gasteiger partial charge in [-0.1, -0.05) is 63.6 Å². The Hall–Kier alpha value is -2.85. The van der Waals surface area contributed by atoms with Gasteiger partial charge in [0, 0.05) is 46.3 Å². The molecule has 3 aliphatic rings. The molecule has 182 valence electrons. The minimum absolute atomic E-state index is 0.0981. The number of ketones is 2. The zero-order chi connectivity index (χ0) is 25.0. The van der Waals surface area contributed by atoms with E-state index in [1.54, 1.807) is 0 Å². The fourth-order valence-electron chi connectivity index (χ4n) is 5.73. The average Bonchev–Trinajstić information content (AvgIpc) is 2.76. The van der Waals surface area contributed by atoms with E-state index in [4.69, 9.17) is 16.3 Å². The zero-order valence-electron chi connectivity index (χ0n) is 20.8. The van der Waals surface area contributed by atoms with Crippen molar-refractivity contribution in [2.24, 2.45) is 10.8 Å². The van der Waals surface area contributed by atoms with Crippen LogP contribution in [0.4, 0.5) is 0 Å². The van der Waals surface area contributed by atoms with E-state index < -0.39 is 0 Å². The number of ether oxygens (including phenoxy) is 1. The molecule has 1 N–H and O–H groups in total. The number of carbonyl (C=O) groups excluding carboxylic acids is 2. The summed E-state index contributed by atoms with van der Waals surface area (Å²) in [5.74, 6) is 0.703. The van der Waals surface area contributed by atoms with Crippen LogP contribution in [0.3, 0.4) is 0 Å². The first-order valence-electron chi connectivity index (χ1n) is 12.3. The minimum atomic E-state index is -0.321. The van der Waals surface area contributed by atoms with Crippen LogP contribution in [0.25, 0.3) is 0 Å². The van der Waals surface area contributed by atoms with Crippen molar-refractivity contribution in [2.45, 2.75) is 65.9 Å². The number of hydrogen-bond donors (Lipinski definition) is 1. The predicted molar refractivity (Wildman–Crippen MR) is 138 cm³/mol. The summed E-state index contributed by atoms with van der Waals surface area (Å²) in [6.45, 7) is 8.99. The molecule has 5 heteroatoms. The Bertz CT molecular complexity index is 1200. The van der Waals surface area contributed by atoms with Crippen molar-refractivity contribution >= 4 is 23.2 Å². The molecule has 0 radical (unpaired) electrons. The van der Waals surface area contributed by atoms with E-state index in [2.05, 4.69) is 33.0 Å². The Labute approximate surface area is 212 Å². The first-order chi connectivity index (χ1) is 16.5. The molecular formula is C30H32ClNO3. The highest BCUT2D eigenvalue weighted by Gasteiger charge is 2.46. The Morgan fingerprint density at radius 2 is 1.31 bits per heavy atom. The lowest BCUT2D eigenvalue weighted by Crippen LogP contribution is -2.42. The second kappa shape index (κ2) is 8.67. The van der Waals surface area contributed by atoms with Gasteiger partial charge in [0.05, 0.1) is 0 Å². The van der Waals surface area contributed by atoms with Crippen molar-refractivity contribution in [3.63, 3.8) is 0 Å². The van der Waals surface area contributed by atoms with Crippen LogP contribution >= 0.6 is 11.6 Å². The number of Topliss-reactive ketones (excluding diaryl/α,β-unsaturated/α-hetero) is 2. The van der Waals surface area contributed by atoms with Gasteiger partial charge < -0.3 is 10.1 Å². The van der Waals surface area contributed by atoms with Crippen LogP contribution < -0.4 is 10.1 Å². The number of nitrogens with one attached hydrogen (secondary N) is 1. The van der Waals surface area contributed by atoms with Crippen LogP contribution in [0.2, 0.25) is 5.02 Å². The van der Waals surface area contributed by atoms with Crippen molar-refractivity contribution in [3.8, 4) is 5.75 Å². The molecule has 1 aliphatic heterocycles. The number of rotatable bonds is 4. The maximum Gasteiger partial charge on any atom is 0.162 e. The number of carbonyl (C=O) groups is 2. The lowest BCUT2D eigenvalue weighted by molar-refractivity contribution is -0.119. The third-order valence-corrected chi connectivity index (χ3v) is 7.50. The molecule has 0 aromatic heterocycles. The third kappa shape index (κ3) is 4.81. The highest BCUT2D eigenvalue weighted by Crippen LogP contribution is 2.51. The van der Waals surface area contributed by atoms with Crippen molar-refractivity contribution in [1.29, 1.82) is 0 Å². The number of allylic oxidation sites excluding steroid dienone is 4. The maximum absolute atomic E-state index is 13.4. The van der Waals surface area contributed by atoms with Crippen LogP contribution in [0.1, 0.15) is 70.4 Å². The Morgan fingerprint density at radius 3 is 1.83 bits per heavy atom. The molecule has 0 saturated carbocycles. The summed E-state index contributed by atoms with van der Waals surface area (Å²) in [6.07, 6.45) is 2.60. The molecule has 2 aromatic carbocycles. The summed E-state index contributed by atoms with van der Waals surface area (Å²) in [4.78, 5) is 26.8. The first kappa shape index (κ1) is 23.9. The molecule has 5 rings (SSSR count). The van der Waals surface area contributed by atoms with E-state index in [0.29, 0.717) is 24.5 Å². The Morgan fingerprint density at radius 1 is 0.800 bits per heavy atom. The van der Waals surface area contributed by atoms with Crippen molar-refractivity contribution in [1.82, 2.24) is 5.32 Å². The molecule has 0 unspecified atom stereocenters. The molecule has 0 saturated heterocycles. The van der Waals surface area contributed by atoms with Gasteiger partial charge in [0.15, 0.2) is 11.6 Å². The highest BCUT2D eigenvalue weighted by atomic mass is 35.5. The second-order valence-electron chi connectivity index (χ2n) is 11.7. The van der Waals surface area contributed by atoms with E-state index in [1.807, 2.05) is 48.5 Å². The topological polar surface area (TPSA) is 55.4 Å². The molecule has 0 fully saturated rings. The van der Waals surface area contributed by atoms with Gasteiger partial charge in [-0.05, 0) is 59.1 Å². The molecule has 0 bridgehead atoms. The van der Waals surface area contributed by atoms with Gasteiger partial charge in [0.25, 0.3) is 0 Å². The van der Waals surface area contributed by atoms with Gasteiger partial charge in [0.1, 0.15) is 12.4 Å². The van der Waals surface area contributed by atoms with Crippen molar-refractivity contribution in [3.05, 3.63) is 87.2 Å². The predicted octanol–water partition coefficient (Wildman–Crippen LogP) is 6.89. The van der Waals surface area contributed by atoms with E-state index in [-0.39, 0.29) is 28.3 Å². The summed E-state index contributed by atoms with van der Waals surface area (Å²) in [5.41, 5.74) is 5.32. The molecule has 0 spiro atoms. The molecule has 4 nitrogen and oxygen atoms in total. The summed E-state index contributed by atoms with van der Waals surface area (Å²) in [7, 11) is 0. The lowest BCUT2D eigenvalue weighted by atomic mass is 9.64. The van der Waals surface area contributed by atoms with Crippen LogP contribution in [0, 0.1) is 10.8 Å². The molecule has 1 heterocycles. The Kier molecular flexibility index (Phi) is 5.91. The average molecular weight is 490 g/mol. The normalized spacial score (nSPS) is 21.4. The molecule has 2 aliphatic carbocycles. The van der Waals surface area contributed by atoms with Crippen LogP contribution in [-0.4, -0.2) is 11.6 Å². The van der Waals surface area contributed by atoms with Crippen LogP contribution in [0.15, 0.2) is 71.1 Å². The number of benzene rings is 2.